The summed E-state index contributed by atoms with van der Waals surface area (Å²) in [7, 11) is 0. The number of imidazole rings is 1. The molecule has 1 aliphatic rings. The lowest BCUT2D eigenvalue weighted by Gasteiger charge is -2.29. The fraction of sp³-hybridized carbons (Fsp3) is 0.467. The second-order valence-electron chi connectivity index (χ2n) is 5.23. The number of halogens is 1. The summed E-state index contributed by atoms with van der Waals surface area (Å²) >= 11 is 6.24. The quantitative estimate of drug-likeness (QED) is 0.862. The molecule has 0 amide bonds. The molecule has 112 valence electrons. The average Bonchev–Trinajstić information content (AvgIpc) is 2.97. The van der Waals surface area contributed by atoms with E-state index < -0.39 is 0 Å². The van der Waals surface area contributed by atoms with Crippen LogP contribution < -0.4 is 10.2 Å². The third-order valence-corrected chi connectivity index (χ3v) is 4.04. The molecule has 0 saturated heterocycles. The van der Waals surface area contributed by atoms with Crippen LogP contribution in [0.1, 0.15) is 24.9 Å². The molecule has 0 fully saturated rings. The monoisotopic (exact) mass is 305 g/mol. The molecule has 5 nitrogen and oxygen atoms in total. The van der Waals surface area contributed by atoms with E-state index in [-0.39, 0.29) is 0 Å². The Morgan fingerprint density at radius 3 is 3.10 bits per heavy atom. The third-order valence-electron chi connectivity index (χ3n) is 3.69. The van der Waals surface area contributed by atoms with E-state index in [1.807, 2.05) is 24.5 Å². The predicted octanol–water partition coefficient (Wildman–Crippen LogP) is 2.45. The third kappa shape index (κ3) is 3.19. The van der Waals surface area contributed by atoms with Gasteiger partial charge in [0.25, 0.3) is 0 Å². The SMILES string of the molecule is CCCNCc1nc(N2CCn3ccnc3C2)ccc1Cl. The molecule has 21 heavy (non-hydrogen) atoms. The van der Waals surface area contributed by atoms with E-state index in [4.69, 9.17) is 16.6 Å². The minimum absolute atomic E-state index is 0.711. The van der Waals surface area contributed by atoms with Gasteiger partial charge in [-0.15, -0.1) is 0 Å². The number of pyridine rings is 1. The van der Waals surface area contributed by atoms with Crippen LogP contribution in [0.2, 0.25) is 5.02 Å². The van der Waals surface area contributed by atoms with Crippen LogP contribution in [-0.2, 0) is 19.6 Å². The molecule has 0 atom stereocenters. The Hall–Kier alpha value is -1.59. The summed E-state index contributed by atoms with van der Waals surface area (Å²) in [5, 5.41) is 4.07. The van der Waals surface area contributed by atoms with Gasteiger partial charge in [-0.25, -0.2) is 9.97 Å². The fourth-order valence-corrected chi connectivity index (χ4v) is 2.70. The van der Waals surface area contributed by atoms with Crippen molar-refractivity contribution in [3.8, 4) is 0 Å². The van der Waals surface area contributed by atoms with Crippen molar-refractivity contribution in [3.63, 3.8) is 0 Å². The summed E-state index contributed by atoms with van der Waals surface area (Å²) in [6.07, 6.45) is 4.99. The van der Waals surface area contributed by atoms with Crippen molar-refractivity contribution in [2.45, 2.75) is 33.0 Å². The molecule has 0 unspecified atom stereocenters. The van der Waals surface area contributed by atoms with Gasteiger partial charge in [0.2, 0.25) is 0 Å². The maximum absolute atomic E-state index is 6.24. The topological polar surface area (TPSA) is 46.0 Å². The van der Waals surface area contributed by atoms with E-state index in [2.05, 4.69) is 26.7 Å². The van der Waals surface area contributed by atoms with Crippen LogP contribution in [0, 0.1) is 0 Å². The van der Waals surface area contributed by atoms with Gasteiger partial charge in [0.15, 0.2) is 0 Å². The number of nitrogens with zero attached hydrogens (tertiary/aromatic N) is 4. The van der Waals surface area contributed by atoms with E-state index >= 15 is 0 Å². The van der Waals surface area contributed by atoms with Gasteiger partial charge in [0.05, 0.1) is 17.3 Å². The number of nitrogens with one attached hydrogen (secondary N) is 1. The van der Waals surface area contributed by atoms with Crippen LogP contribution in [-0.4, -0.2) is 27.6 Å². The fourth-order valence-electron chi connectivity index (χ4n) is 2.53. The molecule has 1 aliphatic heterocycles. The Morgan fingerprint density at radius 1 is 1.33 bits per heavy atom. The van der Waals surface area contributed by atoms with Crippen LogP contribution in [0.3, 0.4) is 0 Å². The first kappa shape index (κ1) is 14.4. The predicted molar refractivity (Wildman–Crippen MR) is 84.5 cm³/mol. The molecule has 2 aromatic heterocycles. The second-order valence-corrected chi connectivity index (χ2v) is 5.64. The van der Waals surface area contributed by atoms with Gasteiger partial charge < -0.3 is 14.8 Å². The molecule has 0 saturated carbocycles. The lowest BCUT2D eigenvalue weighted by Crippen LogP contribution is -2.34. The molecule has 2 aromatic rings. The van der Waals surface area contributed by atoms with Crippen molar-refractivity contribution < 1.29 is 0 Å². The van der Waals surface area contributed by atoms with E-state index in [1.165, 1.54) is 0 Å². The molecule has 6 heteroatoms. The molecular weight excluding hydrogens is 286 g/mol. The van der Waals surface area contributed by atoms with E-state index in [0.29, 0.717) is 6.54 Å². The van der Waals surface area contributed by atoms with Crippen molar-refractivity contribution in [1.29, 1.82) is 0 Å². The van der Waals surface area contributed by atoms with Crippen molar-refractivity contribution in [2.75, 3.05) is 18.0 Å². The van der Waals surface area contributed by atoms with Gasteiger partial charge in [0.1, 0.15) is 11.6 Å². The Morgan fingerprint density at radius 2 is 2.24 bits per heavy atom. The maximum atomic E-state index is 6.24. The van der Waals surface area contributed by atoms with Crippen molar-refractivity contribution in [1.82, 2.24) is 19.9 Å². The van der Waals surface area contributed by atoms with E-state index in [1.54, 1.807) is 0 Å². The van der Waals surface area contributed by atoms with Gasteiger partial charge in [-0.05, 0) is 25.1 Å². The molecular formula is C15H20ClN5. The Bertz CT molecular complexity index is 610. The molecule has 0 radical (unpaired) electrons. The number of hydrogen-bond donors (Lipinski definition) is 1. The second kappa shape index (κ2) is 6.45. The summed E-state index contributed by atoms with van der Waals surface area (Å²) in [6.45, 7) is 6.52. The molecule has 3 rings (SSSR count). The molecule has 0 aromatic carbocycles. The minimum Gasteiger partial charge on any atom is -0.347 e. The van der Waals surface area contributed by atoms with Crippen LogP contribution >= 0.6 is 11.6 Å². The number of aromatic nitrogens is 3. The number of rotatable bonds is 5. The van der Waals surface area contributed by atoms with Crippen LogP contribution in [0.25, 0.3) is 0 Å². The Kier molecular flexibility index (Phi) is 4.41. The van der Waals surface area contributed by atoms with Crippen LogP contribution in [0.15, 0.2) is 24.5 Å². The zero-order valence-electron chi connectivity index (χ0n) is 12.2. The van der Waals surface area contributed by atoms with Gasteiger partial charge in [-0.2, -0.15) is 0 Å². The zero-order valence-corrected chi connectivity index (χ0v) is 13.0. The summed E-state index contributed by atoms with van der Waals surface area (Å²) in [6, 6.07) is 3.93. The highest BCUT2D eigenvalue weighted by molar-refractivity contribution is 6.31. The van der Waals surface area contributed by atoms with Crippen molar-refractivity contribution in [2.24, 2.45) is 0 Å². The van der Waals surface area contributed by atoms with Crippen molar-refractivity contribution >= 4 is 17.4 Å². The molecule has 0 spiro atoms. The standard InChI is InChI=1S/C15H20ClN5/c1-2-5-17-10-13-12(16)3-4-14(19-13)21-9-8-20-7-6-18-15(20)11-21/h3-4,6-7,17H,2,5,8-11H2,1H3. The molecule has 0 aliphatic carbocycles. The highest BCUT2D eigenvalue weighted by atomic mass is 35.5. The van der Waals surface area contributed by atoms with Crippen LogP contribution in [0.5, 0.6) is 0 Å². The molecule has 1 N–H and O–H groups in total. The average molecular weight is 306 g/mol. The summed E-state index contributed by atoms with van der Waals surface area (Å²) < 4.78 is 2.19. The summed E-state index contributed by atoms with van der Waals surface area (Å²) in [4.78, 5) is 11.4. The Balaban J connectivity index is 1.75. The number of hydrogen-bond acceptors (Lipinski definition) is 4. The van der Waals surface area contributed by atoms with Gasteiger partial charge >= 0.3 is 0 Å². The molecule has 3 heterocycles. The zero-order chi connectivity index (χ0) is 14.7. The van der Waals surface area contributed by atoms with E-state index in [0.717, 1.165) is 55.0 Å². The maximum Gasteiger partial charge on any atom is 0.129 e. The lowest BCUT2D eigenvalue weighted by atomic mass is 10.3. The van der Waals surface area contributed by atoms with Gasteiger partial charge in [0, 0.05) is 32.0 Å². The smallest absolute Gasteiger partial charge is 0.129 e. The number of fused-ring (bicyclic) bond motifs is 1. The Labute approximate surface area is 130 Å². The first-order chi connectivity index (χ1) is 10.3. The highest BCUT2D eigenvalue weighted by Crippen LogP contribution is 2.22. The largest absolute Gasteiger partial charge is 0.347 e. The first-order valence-electron chi connectivity index (χ1n) is 7.39. The lowest BCUT2D eigenvalue weighted by molar-refractivity contribution is 0.555. The minimum atomic E-state index is 0.711. The molecule has 0 bridgehead atoms. The van der Waals surface area contributed by atoms with Crippen molar-refractivity contribution in [3.05, 3.63) is 41.1 Å². The van der Waals surface area contributed by atoms with Gasteiger partial charge in [-0.3, -0.25) is 0 Å². The summed E-state index contributed by atoms with van der Waals surface area (Å²) in [5.74, 6) is 2.06. The highest BCUT2D eigenvalue weighted by Gasteiger charge is 2.18. The van der Waals surface area contributed by atoms with Gasteiger partial charge in [-0.1, -0.05) is 18.5 Å². The first-order valence-corrected chi connectivity index (χ1v) is 7.77. The summed E-state index contributed by atoms with van der Waals surface area (Å²) in [5.41, 5.74) is 0.913. The van der Waals surface area contributed by atoms with E-state index in [9.17, 15) is 0 Å². The number of anilines is 1. The normalized spacial score (nSPS) is 14.3. The van der Waals surface area contributed by atoms with Crippen LogP contribution in [0.4, 0.5) is 5.82 Å².